The molecule has 0 atom stereocenters. The van der Waals surface area contributed by atoms with Gasteiger partial charge in [-0.15, -0.1) is 0 Å². The van der Waals surface area contributed by atoms with Crippen molar-refractivity contribution < 1.29 is 17.7 Å². The van der Waals surface area contributed by atoms with Crippen LogP contribution in [0.5, 0.6) is 0 Å². The summed E-state index contributed by atoms with van der Waals surface area (Å²) < 4.78 is 41.7. The van der Waals surface area contributed by atoms with E-state index in [1.54, 1.807) is 0 Å². The first-order valence-corrected chi connectivity index (χ1v) is 6.55. The largest absolute Gasteiger partial charge is 0.401 e. The molecule has 2 rings (SSSR count). The zero-order valence-electron chi connectivity index (χ0n) is 10.2. The molecule has 0 aliphatic heterocycles. The van der Waals surface area contributed by atoms with Crippen LogP contribution in [0.2, 0.25) is 0 Å². The van der Waals surface area contributed by atoms with E-state index in [1.807, 2.05) is 24.3 Å². The van der Waals surface area contributed by atoms with Crippen molar-refractivity contribution in [2.24, 2.45) is 0 Å². The highest BCUT2D eigenvalue weighted by atomic mass is 79.9. The molecule has 1 aromatic carbocycles. The van der Waals surface area contributed by atoms with E-state index in [-0.39, 0.29) is 12.4 Å². The molecule has 4 nitrogen and oxygen atoms in total. The fourth-order valence-corrected chi connectivity index (χ4v) is 2.02. The normalized spacial score (nSPS) is 11.8. The first-order chi connectivity index (χ1) is 9.42. The summed E-state index contributed by atoms with van der Waals surface area (Å²) in [7, 11) is 0. The summed E-state index contributed by atoms with van der Waals surface area (Å²) in [4.78, 5) is 4.03. The van der Waals surface area contributed by atoms with Crippen LogP contribution in [-0.2, 0) is 13.0 Å². The third-order valence-electron chi connectivity index (χ3n) is 2.36. The number of hydrogen-bond donors (Lipinski definition) is 1. The minimum Gasteiger partial charge on any atom is -0.338 e. The van der Waals surface area contributed by atoms with Gasteiger partial charge in [0.15, 0.2) is 5.82 Å². The Morgan fingerprint density at radius 3 is 2.80 bits per heavy atom. The highest BCUT2D eigenvalue weighted by Gasteiger charge is 2.26. The van der Waals surface area contributed by atoms with Crippen LogP contribution in [0.1, 0.15) is 17.3 Å². The van der Waals surface area contributed by atoms with Crippen LogP contribution in [0, 0.1) is 0 Å². The number of benzene rings is 1. The minimum absolute atomic E-state index is 0.106. The summed E-state index contributed by atoms with van der Waals surface area (Å²) in [6.45, 7) is -1.19. The Balaban J connectivity index is 1.89. The lowest BCUT2D eigenvalue weighted by molar-refractivity contribution is -0.125. The molecule has 1 aromatic heterocycles. The number of alkyl halides is 3. The SMILES string of the molecule is FC(F)(F)CNCc1nc(Cc2cccc(Br)c2)no1. The summed E-state index contributed by atoms with van der Waals surface area (Å²) >= 11 is 3.35. The van der Waals surface area contributed by atoms with Crippen molar-refractivity contribution in [2.75, 3.05) is 6.54 Å². The van der Waals surface area contributed by atoms with Crippen molar-refractivity contribution in [3.8, 4) is 0 Å². The summed E-state index contributed by atoms with van der Waals surface area (Å²) in [5.41, 5.74) is 0.981. The molecule has 0 radical (unpaired) electrons. The summed E-state index contributed by atoms with van der Waals surface area (Å²) in [5.74, 6) is 0.575. The molecule has 2 aromatic rings. The van der Waals surface area contributed by atoms with Crippen molar-refractivity contribution in [3.63, 3.8) is 0 Å². The van der Waals surface area contributed by atoms with Gasteiger partial charge in [0.05, 0.1) is 13.1 Å². The number of halogens is 4. The Kier molecular flexibility index (Phi) is 4.77. The molecular weight excluding hydrogens is 339 g/mol. The van der Waals surface area contributed by atoms with Crippen LogP contribution in [0.15, 0.2) is 33.3 Å². The van der Waals surface area contributed by atoms with Gasteiger partial charge >= 0.3 is 6.18 Å². The van der Waals surface area contributed by atoms with E-state index in [0.717, 1.165) is 10.0 Å². The molecule has 0 fully saturated rings. The fraction of sp³-hybridized carbons (Fsp3) is 0.333. The number of hydrogen-bond acceptors (Lipinski definition) is 4. The second-order valence-corrected chi connectivity index (χ2v) is 5.05. The maximum atomic E-state index is 12.0. The van der Waals surface area contributed by atoms with E-state index >= 15 is 0 Å². The Bertz CT molecular complexity index is 571. The first-order valence-electron chi connectivity index (χ1n) is 5.76. The molecule has 20 heavy (non-hydrogen) atoms. The predicted molar refractivity (Wildman–Crippen MR) is 69.0 cm³/mol. The molecule has 1 N–H and O–H groups in total. The second kappa shape index (κ2) is 6.36. The van der Waals surface area contributed by atoms with Gasteiger partial charge in [0.2, 0.25) is 5.89 Å². The molecular formula is C12H11BrF3N3O. The van der Waals surface area contributed by atoms with Crippen LogP contribution >= 0.6 is 15.9 Å². The van der Waals surface area contributed by atoms with Gasteiger partial charge in [-0.1, -0.05) is 33.2 Å². The molecule has 8 heteroatoms. The van der Waals surface area contributed by atoms with Gasteiger partial charge in [-0.25, -0.2) is 0 Å². The van der Waals surface area contributed by atoms with Gasteiger partial charge in [-0.05, 0) is 17.7 Å². The highest BCUT2D eigenvalue weighted by molar-refractivity contribution is 9.10. The van der Waals surface area contributed by atoms with E-state index in [2.05, 4.69) is 31.4 Å². The molecule has 108 valence electrons. The van der Waals surface area contributed by atoms with Crippen LogP contribution in [0.4, 0.5) is 13.2 Å². The van der Waals surface area contributed by atoms with Crippen LogP contribution < -0.4 is 5.32 Å². The van der Waals surface area contributed by atoms with E-state index in [1.165, 1.54) is 0 Å². The molecule has 0 spiro atoms. The van der Waals surface area contributed by atoms with Crippen molar-refractivity contribution >= 4 is 15.9 Å². The molecule has 0 aliphatic carbocycles. The second-order valence-electron chi connectivity index (χ2n) is 4.13. The average Bonchev–Trinajstić information content (AvgIpc) is 2.75. The van der Waals surface area contributed by atoms with E-state index in [4.69, 9.17) is 4.52 Å². The standard InChI is InChI=1S/C12H11BrF3N3O/c13-9-3-1-2-8(4-9)5-10-18-11(20-19-10)6-17-7-12(14,15)16/h1-4,17H,5-7H2. The zero-order chi connectivity index (χ0) is 14.6. The average molecular weight is 350 g/mol. The first kappa shape index (κ1) is 15.0. The molecule has 1 heterocycles. The highest BCUT2D eigenvalue weighted by Crippen LogP contribution is 2.15. The lowest BCUT2D eigenvalue weighted by atomic mass is 10.1. The van der Waals surface area contributed by atoms with E-state index in [9.17, 15) is 13.2 Å². The number of nitrogens with zero attached hydrogens (tertiary/aromatic N) is 2. The summed E-state index contributed by atoms with van der Waals surface area (Å²) in [6.07, 6.45) is -3.79. The molecule has 0 saturated carbocycles. The molecule has 0 saturated heterocycles. The third-order valence-corrected chi connectivity index (χ3v) is 2.86. The topological polar surface area (TPSA) is 51.0 Å². The van der Waals surface area contributed by atoms with Gasteiger partial charge in [0, 0.05) is 10.9 Å². The molecule has 0 amide bonds. The zero-order valence-corrected chi connectivity index (χ0v) is 11.8. The Morgan fingerprint density at radius 1 is 1.30 bits per heavy atom. The number of nitrogens with one attached hydrogen (secondary N) is 1. The van der Waals surface area contributed by atoms with Crippen LogP contribution in [-0.4, -0.2) is 22.9 Å². The predicted octanol–water partition coefficient (Wildman–Crippen LogP) is 3.07. The van der Waals surface area contributed by atoms with Crippen molar-refractivity contribution in [3.05, 3.63) is 46.0 Å². The van der Waals surface area contributed by atoms with Gasteiger partial charge in [-0.3, -0.25) is 0 Å². The van der Waals surface area contributed by atoms with Gasteiger partial charge in [0.25, 0.3) is 0 Å². The van der Waals surface area contributed by atoms with Gasteiger partial charge in [-0.2, -0.15) is 18.2 Å². The summed E-state index contributed by atoms with van der Waals surface area (Å²) in [5, 5.41) is 5.93. The van der Waals surface area contributed by atoms with Crippen molar-refractivity contribution in [1.29, 1.82) is 0 Å². The molecule has 0 bridgehead atoms. The van der Waals surface area contributed by atoms with Crippen LogP contribution in [0.3, 0.4) is 0 Å². The lowest BCUT2D eigenvalue weighted by Crippen LogP contribution is -2.28. The van der Waals surface area contributed by atoms with Crippen LogP contribution in [0.25, 0.3) is 0 Å². The monoisotopic (exact) mass is 349 g/mol. The smallest absolute Gasteiger partial charge is 0.338 e. The van der Waals surface area contributed by atoms with Gasteiger partial charge in [0.1, 0.15) is 0 Å². The quantitative estimate of drug-likeness (QED) is 0.901. The Hall–Kier alpha value is -1.41. The third kappa shape index (κ3) is 4.93. The minimum atomic E-state index is -4.25. The fourth-order valence-electron chi connectivity index (χ4n) is 1.57. The lowest BCUT2D eigenvalue weighted by Gasteiger charge is -2.05. The maximum Gasteiger partial charge on any atom is 0.401 e. The van der Waals surface area contributed by atoms with Crippen molar-refractivity contribution in [2.45, 2.75) is 19.1 Å². The van der Waals surface area contributed by atoms with Gasteiger partial charge < -0.3 is 9.84 Å². The number of rotatable bonds is 5. The number of aromatic nitrogens is 2. The molecule has 0 aliphatic rings. The Labute approximate surface area is 121 Å². The van der Waals surface area contributed by atoms with Crippen molar-refractivity contribution in [1.82, 2.24) is 15.5 Å². The van der Waals surface area contributed by atoms with E-state index in [0.29, 0.717) is 12.2 Å². The maximum absolute atomic E-state index is 12.0. The summed E-state index contributed by atoms with van der Waals surface area (Å²) in [6, 6.07) is 7.60. The molecule has 0 unspecified atom stereocenters. The van der Waals surface area contributed by atoms with E-state index < -0.39 is 12.7 Å². The Morgan fingerprint density at radius 2 is 2.10 bits per heavy atom.